The molecule has 4 N–H and O–H groups in total. The second kappa shape index (κ2) is 18.4. The second-order valence-electron chi connectivity index (χ2n) is 16.8. The number of sulfonamides is 2. The van der Waals surface area contributed by atoms with E-state index in [0.29, 0.717) is 0 Å². The fraction of sp³-hybridized carbons (Fsp3) is 0.432. The number of rotatable bonds is 8. The molecule has 1 aliphatic heterocycles. The van der Waals surface area contributed by atoms with Crippen LogP contribution in [-0.4, -0.2) is 69.2 Å². The third-order valence-corrected chi connectivity index (χ3v) is 13.9. The number of hydrogen-bond donors (Lipinski definition) is 3. The van der Waals surface area contributed by atoms with Crippen LogP contribution >= 0.6 is 0 Å². The maximum atomic E-state index is 12.5. The normalized spacial score (nSPS) is 15.1. The van der Waals surface area contributed by atoms with Crippen LogP contribution in [-0.2, 0) is 65.0 Å². The minimum atomic E-state index is -4.13. The number of amides is 2. The molecule has 2 amide bonds. The lowest BCUT2D eigenvalue weighted by atomic mass is 9.99. The molecule has 0 spiro atoms. The molecular formula is C44H56N10O7S2. The van der Waals surface area contributed by atoms with Gasteiger partial charge < -0.3 is 25.8 Å². The number of nitrogens with two attached hydrogens (primary N) is 1. The Balaban J connectivity index is 0.000000149. The number of carbonyl (C=O) groups excluding carboxylic acids is 1. The number of aryl methyl sites for hydroxylation is 3. The van der Waals surface area contributed by atoms with Crippen molar-refractivity contribution >= 4 is 49.2 Å². The smallest absolute Gasteiger partial charge is 0.388 e. The molecule has 4 aliphatic rings. The van der Waals surface area contributed by atoms with E-state index in [1.807, 2.05) is 46.7 Å². The molecule has 0 saturated heterocycles. The van der Waals surface area contributed by atoms with Gasteiger partial charge in [0.2, 0.25) is 5.03 Å². The second-order valence-corrected chi connectivity index (χ2v) is 20.0. The molecule has 0 saturated carbocycles. The van der Waals surface area contributed by atoms with Gasteiger partial charge in [-0.05, 0) is 137 Å². The fourth-order valence-corrected chi connectivity index (χ4v) is 9.92. The molecular weight excluding hydrogens is 845 g/mol. The molecule has 2 aromatic carbocycles. The Morgan fingerprint density at radius 1 is 0.794 bits per heavy atom. The summed E-state index contributed by atoms with van der Waals surface area (Å²) < 4.78 is 64.3. The van der Waals surface area contributed by atoms with E-state index in [9.17, 15) is 26.7 Å². The van der Waals surface area contributed by atoms with E-state index in [0.717, 1.165) is 96.5 Å². The van der Waals surface area contributed by atoms with Gasteiger partial charge in [0.25, 0.3) is 16.0 Å². The van der Waals surface area contributed by atoms with Crippen molar-refractivity contribution in [3.63, 3.8) is 0 Å². The Labute approximate surface area is 369 Å². The molecule has 17 nitrogen and oxygen atoms in total. The van der Waals surface area contributed by atoms with Crippen LogP contribution in [0.25, 0.3) is 0 Å². The maximum Gasteiger partial charge on any atom is 0.388 e. The Morgan fingerprint density at radius 2 is 1.32 bits per heavy atom. The summed E-state index contributed by atoms with van der Waals surface area (Å²) in [5.74, 6) is 0.973. The van der Waals surface area contributed by atoms with Gasteiger partial charge in [-0.1, -0.05) is 12.1 Å². The van der Waals surface area contributed by atoms with E-state index in [4.69, 9.17) is 10.5 Å². The first-order valence-electron chi connectivity index (χ1n) is 21.3. The number of urea groups is 1. The van der Waals surface area contributed by atoms with Crippen LogP contribution < -0.4 is 35.1 Å². The van der Waals surface area contributed by atoms with Gasteiger partial charge >= 0.3 is 16.1 Å². The Bertz CT molecular complexity index is 2690. The third-order valence-electron chi connectivity index (χ3n) is 11.5. The van der Waals surface area contributed by atoms with Crippen LogP contribution in [0.3, 0.4) is 0 Å². The van der Waals surface area contributed by atoms with Gasteiger partial charge in [0.1, 0.15) is 5.75 Å². The average Bonchev–Trinajstić information content (AvgIpc) is 4.09. The van der Waals surface area contributed by atoms with Gasteiger partial charge in [-0.15, -0.1) is 0 Å². The van der Waals surface area contributed by atoms with Crippen molar-refractivity contribution in [3.8, 4) is 5.75 Å². The van der Waals surface area contributed by atoms with Crippen LogP contribution in [0, 0.1) is 0 Å². The van der Waals surface area contributed by atoms with Crippen LogP contribution in [0.5, 0.6) is 5.75 Å². The van der Waals surface area contributed by atoms with E-state index in [2.05, 4.69) is 36.8 Å². The molecule has 0 fully saturated rings. The fourth-order valence-electron chi connectivity index (χ4n) is 8.26. The predicted octanol–water partition coefficient (Wildman–Crippen LogP) is 4.42. The number of nitrogens with one attached hydrogen (secondary N) is 2. The highest BCUT2D eigenvalue weighted by Crippen LogP contribution is 2.40. The summed E-state index contributed by atoms with van der Waals surface area (Å²) in [5, 5.41) is 22.4. The predicted molar refractivity (Wildman–Crippen MR) is 238 cm³/mol. The lowest BCUT2D eigenvalue weighted by Crippen LogP contribution is -2.51. The zero-order valence-electron chi connectivity index (χ0n) is 36.6. The van der Waals surface area contributed by atoms with E-state index in [1.165, 1.54) is 76.1 Å². The van der Waals surface area contributed by atoms with Crippen LogP contribution in [0.15, 0.2) is 75.6 Å². The average molecular weight is 901 g/mol. The highest BCUT2D eigenvalue weighted by atomic mass is 32.2. The lowest BCUT2D eigenvalue weighted by Gasteiger charge is -2.16. The highest BCUT2D eigenvalue weighted by molar-refractivity contribution is 7.90. The number of carbonyl (C=O) groups is 1. The number of benzene rings is 2. The summed E-state index contributed by atoms with van der Waals surface area (Å²) in [6.07, 6.45) is 16.7. The van der Waals surface area contributed by atoms with Crippen LogP contribution in [0.2, 0.25) is 0 Å². The van der Waals surface area contributed by atoms with Crippen molar-refractivity contribution in [1.29, 1.82) is 0 Å². The number of hydrogen-bond acceptors (Lipinski definition) is 11. The number of ether oxygens (including phenoxy) is 1. The first-order valence-corrected chi connectivity index (χ1v) is 24.2. The number of pyridine rings is 1. The number of nitrogen functional groups attached to an aromatic ring is 1. The van der Waals surface area contributed by atoms with Gasteiger partial charge in [0, 0.05) is 72.9 Å². The summed E-state index contributed by atoms with van der Waals surface area (Å²) in [5.41, 5.74) is 17.7. The van der Waals surface area contributed by atoms with E-state index in [1.54, 1.807) is 23.0 Å². The molecule has 9 rings (SSSR count). The topological polar surface area (TPSA) is 223 Å². The molecule has 19 heteroatoms. The standard InChI is InChI=1S/C19H24N4O3S.C14H19N5O3S.C11H13NO/c1-12(2)23-10-9-17(21-23)27(25,26)22-19(24)20-18-15-7-3-5-13(15)11-14-6-4-8-16(14)18;1-11(2)19-10-7-13(15-19)23(21,22)16-14(20)18-8-5-12(6-9-18)17(3)4;12-10-9-3-1-2-7(9)6-8-4-5-13-11(8)10/h9-12H,3-8H2,1-2H3,(H2,20,22,24);5-11H,1-4H3;6H,1-5,12H2. The summed E-state index contributed by atoms with van der Waals surface area (Å²) in [7, 11) is -4.42. The Kier molecular flexibility index (Phi) is 13.2. The first-order chi connectivity index (χ1) is 29.9. The quantitative estimate of drug-likeness (QED) is 0.0856. The summed E-state index contributed by atoms with van der Waals surface area (Å²) in [4.78, 5) is 14.4. The summed E-state index contributed by atoms with van der Waals surface area (Å²) in [6.45, 7) is 8.35. The molecule has 336 valence electrons. The first kappa shape index (κ1) is 45.1. The Morgan fingerprint density at radius 3 is 1.87 bits per heavy atom. The van der Waals surface area contributed by atoms with Crippen LogP contribution in [0.1, 0.15) is 98.0 Å². The van der Waals surface area contributed by atoms with Crippen molar-refractivity contribution in [2.24, 2.45) is 4.40 Å². The molecule has 0 atom stereocenters. The van der Waals surface area contributed by atoms with Crippen molar-refractivity contribution in [3.05, 3.63) is 100 Å². The molecule has 3 aliphatic carbocycles. The minimum absolute atomic E-state index is 0.0163. The van der Waals surface area contributed by atoms with Crippen molar-refractivity contribution < 1.29 is 36.0 Å². The van der Waals surface area contributed by atoms with Crippen molar-refractivity contribution in [2.45, 2.75) is 114 Å². The zero-order valence-corrected chi connectivity index (χ0v) is 38.2. The van der Waals surface area contributed by atoms with Gasteiger partial charge in [0.05, 0.1) is 24.7 Å². The van der Waals surface area contributed by atoms with E-state index in [-0.39, 0.29) is 22.1 Å². The minimum Gasteiger partial charge on any atom is -0.806 e. The lowest BCUT2D eigenvalue weighted by molar-refractivity contribution is -0.613. The molecule has 0 bridgehead atoms. The molecule has 4 heterocycles. The van der Waals surface area contributed by atoms with Gasteiger partial charge in [-0.3, -0.25) is 9.36 Å². The van der Waals surface area contributed by atoms with Gasteiger partial charge in [0.15, 0.2) is 5.03 Å². The van der Waals surface area contributed by atoms with Crippen molar-refractivity contribution in [2.75, 3.05) is 36.7 Å². The maximum absolute atomic E-state index is 12.5. The van der Waals surface area contributed by atoms with Gasteiger partial charge in [-0.25, -0.2) is 14.1 Å². The Hall–Kier alpha value is -5.95. The molecule has 0 unspecified atom stereocenters. The number of fused-ring (bicyclic) bond motifs is 4. The molecule has 3 aromatic heterocycles. The third kappa shape index (κ3) is 9.99. The van der Waals surface area contributed by atoms with Gasteiger partial charge in [-0.2, -0.15) is 27.0 Å². The zero-order chi connectivity index (χ0) is 45.2. The van der Waals surface area contributed by atoms with Crippen LogP contribution in [0.4, 0.5) is 21.9 Å². The monoisotopic (exact) mass is 900 g/mol. The number of anilines is 3. The SMILES string of the molecule is CC(C)n1ccc(S(=O)(=O)N=C([O-])[n+]2ccc(N(C)C)cc2)n1.CC(C)n1ccc(S(=O)(=O)NC(=O)Nc2c3c(cc4c2CCC4)CCC3)n1.Nc1c2c(cc3c1OCC3)CCC2. The molecule has 5 aromatic rings. The summed E-state index contributed by atoms with van der Waals surface area (Å²) >= 11 is 0. The summed E-state index contributed by atoms with van der Waals surface area (Å²) in [6, 6.07) is 9.09. The van der Waals surface area contributed by atoms with E-state index >= 15 is 0 Å². The van der Waals surface area contributed by atoms with E-state index < -0.39 is 32.1 Å². The number of nitrogens with zero attached hydrogens (tertiary/aromatic N) is 7. The molecule has 0 radical (unpaired) electrons. The largest absolute Gasteiger partial charge is 0.806 e. The molecule has 63 heavy (non-hydrogen) atoms. The van der Waals surface area contributed by atoms with Crippen molar-refractivity contribution in [1.82, 2.24) is 24.3 Å². The number of aromatic nitrogens is 5. The highest BCUT2D eigenvalue weighted by Gasteiger charge is 2.28.